The molecule has 7 N–H and O–H groups in total. The number of aromatic nitrogens is 2. The normalized spacial score (nSPS) is 17.8. The van der Waals surface area contributed by atoms with Gasteiger partial charge in [0.1, 0.15) is 5.69 Å². The van der Waals surface area contributed by atoms with Crippen LogP contribution >= 0.6 is 0 Å². The van der Waals surface area contributed by atoms with Gasteiger partial charge in [-0.15, -0.1) is 0 Å². The zero-order valence-corrected chi connectivity index (χ0v) is 19.8. The molecule has 0 saturated heterocycles. The van der Waals surface area contributed by atoms with E-state index in [2.05, 4.69) is 15.3 Å². The van der Waals surface area contributed by atoms with E-state index in [1.165, 1.54) is 0 Å². The predicted molar refractivity (Wildman–Crippen MR) is 139 cm³/mol. The summed E-state index contributed by atoms with van der Waals surface area (Å²) in [7, 11) is 0. The van der Waals surface area contributed by atoms with E-state index in [4.69, 9.17) is 17.2 Å². The number of nitrogens with zero attached hydrogens (tertiary/aromatic N) is 3. The summed E-state index contributed by atoms with van der Waals surface area (Å²) in [6, 6.07) is 15.9. The minimum absolute atomic E-state index is 0.0201. The number of anilines is 2. The summed E-state index contributed by atoms with van der Waals surface area (Å²) < 4.78 is 0. The second kappa shape index (κ2) is 11.2. The van der Waals surface area contributed by atoms with Crippen molar-refractivity contribution in [3.8, 4) is 11.1 Å². The molecule has 3 aromatic rings. The van der Waals surface area contributed by atoms with Crippen molar-refractivity contribution in [2.45, 2.75) is 38.6 Å². The second-order valence-corrected chi connectivity index (χ2v) is 9.27. The van der Waals surface area contributed by atoms with Gasteiger partial charge in [0.2, 0.25) is 11.8 Å². The molecule has 1 fully saturated rings. The summed E-state index contributed by atoms with van der Waals surface area (Å²) in [6.45, 7) is 1.79. The monoisotopic (exact) mass is 475 g/mol. The Balaban J connectivity index is 1.56. The molecular weight excluding hydrogens is 442 g/mol. The fraction of sp³-hybridized carbons (Fsp3) is 0.385. The van der Waals surface area contributed by atoms with E-state index in [1.54, 1.807) is 0 Å². The van der Waals surface area contributed by atoms with E-state index in [-0.39, 0.29) is 23.9 Å². The Kier molecular flexibility index (Phi) is 7.89. The third-order valence-corrected chi connectivity index (χ3v) is 6.81. The number of benzene rings is 2. The molecule has 0 aliphatic heterocycles. The lowest BCUT2D eigenvalue weighted by molar-refractivity contribution is -0.385. The minimum atomic E-state index is -0.420. The Morgan fingerprint density at radius 3 is 2.20 bits per heavy atom. The molecule has 0 unspecified atom stereocenters. The van der Waals surface area contributed by atoms with Crippen LogP contribution in [0.2, 0.25) is 0 Å². The van der Waals surface area contributed by atoms with Crippen LogP contribution in [0.5, 0.6) is 0 Å². The van der Waals surface area contributed by atoms with Crippen molar-refractivity contribution >= 4 is 17.5 Å². The van der Waals surface area contributed by atoms with Crippen molar-refractivity contribution in [2.24, 2.45) is 23.3 Å². The molecule has 184 valence electrons. The average Bonchev–Trinajstić information content (AvgIpc) is 2.87. The molecule has 0 amide bonds. The van der Waals surface area contributed by atoms with Crippen molar-refractivity contribution in [1.82, 2.24) is 9.97 Å². The van der Waals surface area contributed by atoms with Crippen LogP contribution in [0.25, 0.3) is 11.1 Å². The van der Waals surface area contributed by atoms with Gasteiger partial charge in [-0.25, -0.2) is 4.98 Å². The van der Waals surface area contributed by atoms with Crippen LogP contribution in [0.4, 0.5) is 17.5 Å². The van der Waals surface area contributed by atoms with Crippen molar-refractivity contribution in [3.05, 3.63) is 75.5 Å². The van der Waals surface area contributed by atoms with Gasteiger partial charge in [0.15, 0.2) is 0 Å². The van der Waals surface area contributed by atoms with Crippen molar-refractivity contribution in [2.75, 3.05) is 24.1 Å². The molecule has 1 aliphatic rings. The zero-order chi connectivity index (χ0) is 24.8. The Morgan fingerprint density at radius 2 is 1.57 bits per heavy atom. The van der Waals surface area contributed by atoms with Crippen LogP contribution in [0, 0.1) is 22.0 Å². The standard InChI is InChI=1S/C26H33N7O2/c27-14-17-7-9-18(10-8-17)16-30-25-24(33(34)35)23(31-26(29)32-25)13-19-3-1-5-21(11-19)22-6-2-4-20(12-22)15-28/h1-6,11-12,17-18H,7-10,13-16,27-28H2,(H3,29,30,31,32)/t17-,18-. The first-order valence-electron chi connectivity index (χ1n) is 12.1. The van der Waals surface area contributed by atoms with Crippen LogP contribution in [-0.2, 0) is 13.0 Å². The Morgan fingerprint density at radius 1 is 0.943 bits per heavy atom. The molecular formula is C26H33N7O2. The van der Waals surface area contributed by atoms with Crippen LogP contribution in [0.15, 0.2) is 48.5 Å². The number of rotatable bonds is 9. The number of hydrogen-bond acceptors (Lipinski definition) is 8. The molecule has 1 saturated carbocycles. The van der Waals surface area contributed by atoms with E-state index >= 15 is 0 Å². The molecule has 2 aromatic carbocycles. The van der Waals surface area contributed by atoms with Crippen molar-refractivity contribution < 1.29 is 4.92 Å². The second-order valence-electron chi connectivity index (χ2n) is 9.27. The van der Waals surface area contributed by atoms with Gasteiger partial charge in [-0.05, 0) is 72.4 Å². The molecule has 9 heteroatoms. The first kappa shape index (κ1) is 24.6. The summed E-state index contributed by atoms with van der Waals surface area (Å²) in [6.07, 6.45) is 4.55. The van der Waals surface area contributed by atoms with Gasteiger partial charge in [-0.3, -0.25) is 10.1 Å². The number of nitro groups is 1. The van der Waals surface area contributed by atoms with Gasteiger partial charge in [0.25, 0.3) is 0 Å². The number of nitrogens with two attached hydrogens (primary N) is 3. The van der Waals surface area contributed by atoms with Gasteiger partial charge in [-0.2, -0.15) is 4.98 Å². The average molecular weight is 476 g/mol. The molecule has 35 heavy (non-hydrogen) atoms. The zero-order valence-electron chi connectivity index (χ0n) is 19.8. The highest BCUT2D eigenvalue weighted by molar-refractivity contribution is 5.66. The third-order valence-electron chi connectivity index (χ3n) is 6.81. The van der Waals surface area contributed by atoms with E-state index < -0.39 is 4.92 Å². The number of hydrogen-bond donors (Lipinski definition) is 4. The van der Waals surface area contributed by atoms with Gasteiger partial charge in [0, 0.05) is 19.5 Å². The van der Waals surface area contributed by atoms with Crippen LogP contribution in [0.3, 0.4) is 0 Å². The Labute approximate surface area is 205 Å². The van der Waals surface area contributed by atoms with Crippen molar-refractivity contribution in [3.63, 3.8) is 0 Å². The van der Waals surface area contributed by atoms with E-state index in [1.807, 2.05) is 48.5 Å². The predicted octanol–water partition coefficient (Wildman–Crippen LogP) is 3.86. The maximum absolute atomic E-state index is 12.1. The summed E-state index contributed by atoms with van der Waals surface area (Å²) >= 11 is 0. The van der Waals surface area contributed by atoms with Gasteiger partial charge in [0.05, 0.1) is 4.92 Å². The Hall–Kier alpha value is -3.56. The molecule has 0 atom stereocenters. The fourth-order valence-corrected chi connectivity index (χ4v) is 4.80. The fourth-order valence-electron chi connectivity index (χ4n) is 4.80. The molecule has 1 heterocycles. The highest BCUT2D eigenvalue weighted by atomic mass is 16.6. The minimum Gasteiger partial charge on any atom is -0.368 e. The molecule has 1 aromatic heterocycles. The highest BCUT2D eigenvalue weighted by Crippen LogP contribution is 2.32. The highest BCUT2D eigenvalue weighted by Gasteiger charge is 2.26. The number of nitrogens with one attached hydrogen (secondary N) is 1. The maximum Gasteiger partial charge on any atom is 0.333 e. The molecule has 0 spiro atoms. The lowest BCUT2D eigenvalue weighted by Crippen LogP contribution is -2.25. The largest absolute Gasteiger partial charge is 0.368 e. The van der Waals surface area contributed by atoms with Crippen LogP contribution < -0.4 is 22.5 Å². The topological polar surface area (TPSA) is 159 Å². The van der Waals surface area contributed by atoms with E-state index in [0.29, 0.717) is 30.6 Å². The Bertz CT molecular complexity index is 1180. The smallest absolute Gasteiger partial charge is 0.333 e. The SMILES string of the molecule is NCc1cccc(-c2cccc(Cc3nc(N)nc(NC[C@H]4CC[C@H](CN)CC4)c3[N+](=O)[O-])c2)c1. The summed E-state index contributed by atoms with van der Waals surface area (Å²) in [5, 5.41) is 15.3. The third kappa shape index (κ3) is 6.12. The van der Waals surface area contributed by atoms with E-state index in [0.717, 1.165) is 54.5 Å². The lowest BCUT2D eigenvalue weighted by atomic mass is 9.82. The maximum atomic E-state index is 12.1. The van der Waals surface area contributed by atoms with Crippen LogP contribution in [0.1, 0.15) is 42.5 Å². The molecule has 0 bridgehead atoms. The van der Waals surface area contributed by atoms with Gasteiger partial charge < -0.3 is 22.5 Å². The number of nitrogen functional groups attached to an aromatic ring is 1. The summed E-state index contributed by atoms with van der Waals surface area (Å²) in [5.74, 6) is 1.21. The van der Waals surface area contributed by atoms with Crippen LogP contribution in [-0.4, -0.2) is 28.0 Å². The summed E-state index contributed by atoms with van der Waals surface area (Å²) in [5.41, 5.74) is 21.7. The van der Waals surface area contributed by atoms with Gasteiger partial charge >= 0.3 is 5.69 Å². The van der Waals surface area contributed by atoms with E-state index in [9.17, 15) is 10.1 Å². The molecule has 4 rings (SSSR count). The van der Waals surface area contributed by atoms with Gasteiger partial charge in [-0.1, -0.05) is 42.5 Å². The lowest BCUT2D eigenvalue weighted by Gasteiger charge is -2.27. The first-order chi connectivity index (χ1) is 17.0. The quantitative estimate of drug-likeness (QED) is 0.268. The van der Waals surface area contributed by atoms with Crippen molar-refractivity contribution in [1.29, 1.82) is 0 Å². The molecule has 0 radical (unpaired) electrons. The molecule has 1 aliphatic carbocycles. The first-order valence-corrected chi connectivity index (χ1v) is 12.1. The molecule has 9 nitrogen and oxygen atoms in total. The summed E-state index contributed by atoms with van der Waals surface area (Å²) in [4.78, 5) is 20.1.